The maximum Gasteiger partial charge on any atom is 0.337 e. The second-order valence-corrected chi connectivity index (χ2v) is 6.42. The highest BCUT2D eigenvalue weighted by Gasteiger charge is 2.21. The van der Waals surface area contributed by atoms with Gasteiger partial charge < -0.3 is 19.3 Å². The standard InChI is InChI=1S/C21H20N2O5/c1-26-19-7-6-14(12-20(19)28-15-9-11-27-13-15)17-8-10-22-23(17)18-5-3-2-4-16(18)21(24)25/h2-8,10,12,15H,9,11,13H2,1H3,(H,24,25). The smallest absolute Gasteiger partial charge is 0.337 e. The molecule has 0 amide bonds. The number of para-hydroxylation sites is 1. The number of hydrogen-bond donors (Lipinski definition) is 1. The summed E-state index contributed by atoms with van der Waals surface area (Å²) in [6.45, 7) is 1.24. The van der Waals surface area contributed by atoms with Crippen LogP contribution in [0.25, 0.3) is 16.9 Å². The van der Waals surface area contributed by atoms with Crippen LogP contribution in [-0.4, -0.2) is 47.3 Å². The molecule has 0 aliphatic carbocycles. The van der Waals surface area contributed by atoms with Gasteiger partial charge in [-0.05, 0) is 36.4 Å². The minimum atomic E-state index is -1.00. The molecule has 1 fully saturated rings. The normalized spacial score (nSPS) is 16.1. The lowest BCUT2D eigenvalue weighted by Gasteiger charge is -2.17. The highest BCUT2D eigenvalue weighted by atomic mass is 16.6. The second kappa shape index (κ2) is 7.74. The van der Waals surface area contributed by atoms with Crippen LogP contribution in [0.4, 0.5) is 0 Å². The third-order valence-corrected chi connectivity index (χ3v) is 4.65. The number of methoxy groups -OCH3 is 1. The zero-order chi connectivity index (χ0) is 19.5. The van der Waals surface area contributed by atoms with Crippen molar-refractivity contribution in [2.24, 2.45) is 0 Å². The molecule has 144 valence electrons. The molecule has 0 spiro atoms. The number of nitrogens with zero attached hydrogens (tertiary/aromatic N) is 2. The van der Waals surface area contributed by atoms with E-state index in [1.54, 1.807) is 42.3 Å². The Morgan fingerprint density at radius 3 is 2.82 bits per heavy atom. The highest BCUT2D eigenvalue weighted by molar-refractivity contribution is 5.92. The molecule has 1 atom stereocenters. The molecule has 2 heterocycles. The molecule has 28 heavy (non-hydrogen) atoms. The van der Waals surface area contributed by atoms with E-state index in [0.29, 0.717) is 30.4 Å². The van der Waals surface area contributed by atoms with Crippen LogP contribution >= 0.6 is 0 Å². The van der Waals surface area contributed by atoms with E-state index < -0.39 is 5.97 Å². The number of rotatable bonds is 6. The van der Waals surface area contributed by atoms with Crippen molar-refractivity contribution in [3.05, 3.63) is 60.3 Å². The Morgan fingerprint density at radius 2 is 2.07 bits per heavy atom. The summed E-state index contributed by atoms with van der Waals surface area (Å²) in [6, 6.07) is 14.2. The van der Waals surface area contributed by atoms with Crippen molar-refractivity contribution >= 4 is 5.97 Å². The van der Waals surface area contributed by atoms with Crippen LogP contribution < -0.4 is 9.47 Å². The summed E-state index contributed by atoms with van der Waals surface area (Å²) in [4.78, 5) is 11.6. The molecule has 0 saturated carbocycles. The first-order valence-electron chi connectivity index (χ1n) is 8.97. The SMILES string of the molecule is COc1ccc(-c2ccnn2-c2ccccc2C(=O)O)cc1OC1CCOC1. The van der Waals surface area contributed by atoms with E-state index in [1.165, 1.54) is 0 Å². The molecular weight excluding hydrogens is 360 g/mol. The number of aromatic nitrogens is 2. The maximum atomic E-state index is 11.6. The van der Waals surface area contributed by atoms with Gasteiger partial charge in [-0.1, -0.05) is 12.1 Å². The fourth-order valence-electron chi connectivity index (χ4n) is 3.27. The fourth-order valence-corrected chi connectivity index (χ4v) is 3.27. The first-order valence-corrected chi connectivity index (χ1v) is 8.97. The third kappa shape index (κ3) is 3.44. The Morgan fingerprint density at radius 1 is 1.21 bits per heavy atom. The molecule has 1 N–H and O–H groups in total. The maximum absolute atomic E-state index is 11.6. The largest absolute Gasteiger partial charge is 0.493 e. The number of benzene rings is 2. The monoisotopic (exact) mass is 380 g/mol. The Balaban J connectivity index is 1.75. The van der Waals surface area contributed by atoms with Gasteiger partial charge in [0.05, 0.1) is 43.5 Å². The van der Waals surface area contributed by atoms with E-state index >= 15 is 0 Å². The summed E-state index contributed by atoms with van der Waals surface area (Å²) in [5.74, 6) is 0.249. The zero-order valence-electron chi connectivity index (χ0n) is 15.4. The average Bonchev–Trinajstić information content (AvgIpc) is 3.40. The van der Waals surface area contributed by atoms with Crippen molar-refractivity contribution in [1.82, 2.24) is 9.78 Å². The summed E-state index contributed by atoms with van der Waals surface area (Å²) in [5, 5.41) is 13.9. The lowest BCUT2D eigenvalue weighted by molar-refractivity contribution is 0.0696. The molecule has 7 nitrogen and oxygen atoms in total. The van der Waals surface area contributed by atoms with Gasteiger partial charge in [0.1, 0.15) is 6.10 Å². The molecule has 1 aliphatic rings. The molecule has 4 rings (SSSR count). The highest BCUT2D eigenvalue weighted by Crippen LogP contribution is 2.35. The molecule has 1 aliphatic heterocycles. The molecule has 7 heteroatoms. The van der Waals surface area contributed by atoms with Gasteiger partial charge >= 0.3 is 5.97 Å². The van der Waals surface area contributed by atoms with Crippen molar-refractivity contribution in [1.29, 1.82) is 0 Å². The van der Waals surface area contributed by atoms with E-state index in [1.807, 2.05) is 24.3 Å². The fraction of sp³-hybridized carbons (Fsp3) is 0.238. The quantitative estimate of drug-likeness (QED) is 0.706. The van der Waals surface area contributed by atoms with Crippen LogP contribution in [-0.2, 0) is 4.74 Å². The van der Waals surface area contributed by atoms with Crippen LogP contribution in [0.5, 0.6) is 11.5 Å². The van der Waals surface area contributed by atoms with Crippen LogP contribution in [0.2, 0.25) is 0 Å². The molecular formula is C21H20N2O5. The molecule has 1 saturated heterocycles. The third-order valence-electron chi connectivity index (χ3n) is 4.65. The van der Waals surface area contributed by atoms with Crippen molar-refractivity contribution in [2.75, 3.05) is 20.3 Å². The van der Waals surface area contributed by atoms with Gasteiger partial charge in [-0.2, -0.15) is 5.10 Å². The average molecular weight is 380 g/mol. The number of ether oxygens (including phenoxy) is 3. The summed E-state index contributed by atoms with van der Waals surface area (Å²) in [6.07, 6.45) is 2.46. The molecule has 0 bridgehead atoms. The first kappa shape index (κ1) is 18.1. The van der Waals surface area contributed by atoms with Gasteiger partial charge in [-0.25, -0.2) is 9.48 Å². The lowest BCUT2D eigenvalue weighted by Crippen LogP contribution is -2.16. The van der Waals surface area contributed by atoms with Gasteiger partial charge in [0.2, 0.25) is 0 Å². The number of carboxylic acid groups (broad SMARTS) is 1. The van der Waals surface area contributed by atoms with Gasteiger partial charge in [0.15, 0.2) is 11.5 Å². The van der Waals surface area contributed by atoms with Gasteiger partial charge in [-0.15, -0.1) is 0 Å². The van der Waals surface area contributed by atoms with Crippen molar-refractivity contribution < 1.29 is 24.1 Å². The molecule has 2 aromatic carbocycles. The topological polar surface area (TPSA) is 82.8 Å². The van der Waals surface area contributed by atoms with Gasteiger partial charge in [-0.3, -0.25) is 0 Å². The summed E-state index contributed by atoms with van der Waals surface area (Å²) in [7, 11) is 1.60. The van der Waals surface area contributed by atoms with Crippen LogP contribution in [0.1, 0.15) is 16.8 Å². The summed E-state index contributed by atoms with van der Waals surface area (Å²) in [5.41, 5.74) is 2.27. The van der Waals surface area contributed by atoms with Gasteiger partial charge in [0.25, 0.3) is 0 Å². The van der Waals surface area contributed by atoms with E-state index in [4.69, 9.17) is 14.2 Å². The number of carboxylic acids is 1. The first-order chi connectivity index (χ1) is 13.7. The van der Waals surface area contributed by atoms with Gasteiger partial charge in [0, 0.05) is 12.0 Å². The minimum absolute atomic E-state index is 0.0122. The number of carbonyl (C=O) groups is 1. The predicted octanol–water partition coefficient (Wildman–Crippen LogP) is 3.41. The van der Waals surface area contributed by atoms with E-state index in [2.05, 4.69) is 5.10 Å². The summed E-state index contributed by atoms with van der Waals surface area (Å²) >= 11 is 0. The molecule has 1 unspecified atom stereocenters. The van der Waals surface area contributed by atoms with Crippen LogP contribution in [0.3, 0.4) is 0 Å². The Hall–Kier alpha value is -3.32. The summed E-state index contributed by atoms with van der Waals surface area (Å²) < 4.78 is 18.5. The van der Waals surface area contributed by atoms with Crippen molar-refractivity contribution in [3.8, 4) is 28.4 Å². The lowest BCUT2D eigenvalue weighted by atomic mass is 10.1. The number of hydrogen-bond acceptors (Lipinski definition) is 5. The van der Waals surface area contributed by atoms with E-state index in [0.717, 1.165) is 17.7 Å². The van der Waals surface area contributed by atoms with Crippen molar-refractivity contribution in [3.63, 3.8) is 0 Å². The Kier molecular flexibility index (Phi) is 4.99. The van der Waals surface area contributed by atoms with E-state index in [9.17, 15) is 9.90 Å². The second-order valence-electron chi connectivity index (χ2n) is 6.42. The Bertz CT molecular complexity index is 992. The van der Waals surface area contributed by atoms with E-state index in [-0.39, 0.29) is 11.7 Å². The Labute approximate surface area is 162 Å². The number of aromatic carboxylic acids is 1. The minimum Gasteiger partial charge on any atom is -0.493 e. The molecule has 3 aromatic rings. The predicted molar refractivity (Wildman–Crippen MR) is 102 cm³/mol. The molecule has 0 radical (unpaired) electrons. The van der Waals surface area contributed by atoms with Crippen LogP contribution in [0.15, 0.2) is 54.7 Å². The zero-order valence-corrected chi connectivity index (χ0v) is 15.4. The van der Waals surface area contributed by atoms with Crippen molar-refractivity contribution in [2.45, 2.75) is 12.5 Å². The van der Waals surface area contributed by atoms with Crippen LogP contribution in [0, 0.1) is 0 Å². The molecule has 1 aromatic heterocycles.